The van der Waals surface area contributed by atoms with Crippen LogP contribution < -0.4 is 5.32 Å². The first-order valence-corrected chi connectivity index (χ1v) is 4.91. The first-order valence-electron chi connectivity index (χ1n) is 4.54. The molecule has 1 aromatic carbocycles. The minimum Gasteiger partial charge on any atom is -0.388 e. The van der Waals surface area contributed by atoms with Crippen molar-refractivity contribution in [3.8, 4) is 0 Å². The Morgan fingerprint density at radius 2 is 2.14 bits per heavy atom. The molecule has 0 aliphatic heterocycles. The van der Waals surface area contributed by atoms with E-state index >= 15 is 0 Å². The normalized spacial score (nSPS) is 12.3. The predicted molar refractivity (Wildman–Crippen MR) is 60.1 cm³/mol. The molecule has 3 heteroatoms. The topological polar surface area (TPSA) is 29.1 Å². The molecule has 1 aromatic rings. The van der Waals surface area contributed by atoms with Crippen LogP contribution in [0, 0.1) is 0 Å². The second kappa shape index (κ2) is 4.47. The predicted octanol–water partition coefficient (Wildman–Crippen LogP) is 3.07. The first kappa shape index (κ1) is 11.1. The Bertz CT molecular complexity index is 349. The van der Waals surface area contributed by atoms with Crippen LogP contribution in [0.1, 0.15) is 25.3 Å². The fraction of sp³-hybridized carbons (Fsp3) is 0.364. The third kappa shape index (κ3) is 2.26. The third-order valence-electron chi connectivity index (χ3n) is 2.36. The SMILES string of the molecule is CNc1ccc(Cl)cc1C(C)C(C)=O. The molecule has 1 N–H and O–H groups in total. The van der Waals surface area contributed by atoms with Gasteiger partial charge in [-0.05, 0) is 30.7 Å². The van der Waals surface area contributed by atoms with E-state index in [0.29, 0.717) is 5.02 Å². The molecule has 0 heterocycles. The zero-order chi connectivity index (χ0) is 10.7. The number of carbonyl (C=O) groups excluding carboxylic acids is 1. The van der Waals surface area contributed by atoms with E-state index in [0.717, 1.165) is 11.3 Å². The monoisotopic (exact) mass is 211 g/mol. The number of benzene rings is 1. The number of hydrogen-bond donors (Lipinski definition) is 1. The van der Waals surface area contributed by atoms with E-state index in [1.54, 1.807) is 6.92 Å². The zero-order valence-corrected chi connectivity index (χ0v) is 9.35. The molecule has 2 nitrogen and oxygen atoms in total. The van der Waals surface area contributed by atoms with Gasteiger partial charge in [0.2, 0.25) is 0 Å². The summed E-state index contributed by atoms with van der Waals surface area (Å²) >= 11 is 5.88. The molecule has 0 fully saturated rings. The molecular formula is C11H14ClNO. The summed E-state index contributed by atoms with van der Waals surface area (Å²) < 4.78 is 0. The van der Waals surface area contributed by atoms with Gasteiger partial charge in [0.05, 0.1) is 0 Å². The summed E-state index contributed by atoms with van der Waals surface area (Å²) in [6.45, 7) is 3.47. The van der Waals surface area contributed by atoms with E-state index in [2.05, 4.69) is 5.32 Å². The highest BCUT2D eigenvalue weighted by molar-refractivity contribution is 6.30. The van der Waals surface area contributed by atoms with Gasteiger partial charge >= 0.3 is 0 Å². The number of halogens is 1. The Hall–Kier alpha value is -1.02. The summed E-state index contributed by atoms with van der Waals surface area (Å²) in [5.41, 5.74) is 1.91. The molecule has 1 atom stereocenters. The highest BCUT2D eigenvalue weighted by Gasteiger charge is 2.14. The minimum absolute atomic E-state index is 0.115. The molecule has 0 amide bonds. The summed E-state index contributed by atoms with van der Waals surface area (Å²) in [6.07, 6.45) is 0. The second-order valence-electron chi connectivity index (χ2n) is 3.31. The molecule has 0 bridgehead atoms. The average Bonchev–Trinajstić information content (AvgIpc) is 2.16. The van der Waals surface area contributed by atoms with Crippen molar-refractivity contribution in [1.82, 2.24) is 0 Å². The van der Waals surface area contributed by atoms with Gasteiger partial charge in [-0.15, -0.1) is 0 Å². The van der Waals surface area contributed by atoms with Crippen molar-refractivity contribution in [3.63, 3.8) is 0 Å². The molecule has 0 aliphatic carbocycles. The number of Topliss-reactive ketones (excluding diaryl/α,β-unsaturated/α-hetero) is 1. The lowest BCUT2D eigenvalue weighted by Crippen LogP contribution is -2.07. The maximum Gasteiger partial charge on any atom is 0.137 e. The Morgan fingerprint density at radius 3 is 2.64 bits per heavy atom. The molecule has 0 aromatic heterocycles. The van der Waals surface area contributed by atoms with Crippen LogP contribution in [-0.4, -0.2) is 12.8 Å². The number of hydrogen-bond acceptors (Lipinski definition) is 2. The number of rotatable bonds is 3. The van der Waals surface area contributed by atoms with E-state index in [4.69, 9.17) is 11.6 Å². The summed E-state index contributed by atoms with van der Waals surface area (Å²) in [4.78, 5) is 11.3. The number of carbonyl (C=O) groups is 1. The van der Waals surface area contributed by atoms with Gasteiger partial charge in [-0.3, -0.25) is 4.79 Å². The van der Waals surface area contributed by atoms with E-state index in [-0.39, 0.29) is 11.7 Å². The van der Waals surface area contributed by atoms with E-state index in [1.165, 1.54) is 0 Å². The third-order valence-corrected chi connectivity index (χ3v) is 2.59. The van der Waals surface area contributed by atoms with Crippen LogP contribution in [0.25, 0.3) is 0 Å². The van der Waals surface area contributed by atoms with Crippen molar-refractivity contribution in [2.24, 2.45) is 0 Å². The maximum absolute atomic E-state index is 11.3. The largest absolute Gasteiger partial charge is 0.388 e. The van der Waals surface area contributed by atoms with Crippen LogP contribution in [0.2, 0.25) is 5.02 Å². The van der Waals surface area contributed by atoms with Gasteiger partial charge in [-0.2, -0.15) is 0 Å². The van der Waals surface area contributed by atoms with E-state index < -0.39 is 0 Å². The van der Waals surface area contributed by atoms with E-state index in [1.807, 2.05) is 32.2 Å². The zero-order valence-electron chi connectivity index (χ0n) is 8.60. The lowest BCUT2D eigenvalue weighted by atomic mass is 9.96. The quantitative estimate of drug-likeness (QED) is 0.833. The maximum atomic E-state index is 11.3. The Labute approximate surface area is 89.3 Å². The molecule has 1 rings (SSSR count). The van der Waals surface area contributed by atoms with Gasteiger partial charge in [-0.1, -0.05) is 18.5 Å². The van der Waals surface area contributed by atoms with Crippen molar-refractivity contribution >= 4 is 23.1 Å². The highest BCUT2D eigenvalue weighted by atomic mass is 35.5. The van der Waals surface area contributed by atoms with Gasteiger partial charge in [0.1, 0.15) is 5.78 Å². The van der Waals surface area contributed by atoms with Gasteiger partial charge in [0.25, 0.3) is 0 Å². The van der Waals surface area contributed by atoms with Crippen molar-refractivity contribution in [1.29, 1.82) is 0 Å². The van der Waals surface area contributed by atoms with Crippen LogP contribution in [0.4, 0.5) is 5.69 Å². The van der Waals surface area contributed by atoms with Crippen molar-refractivity contribution in [2.75, 3.05) is 12.4 Å². The van der Waals surface area contributed by atoms with Gasteiger partial charge in [-0.25, -0.2) is 0 Å². The lowest BCUT2D eigenvalue weighted by Gasteiger charge is -2.13. The first-order chi connectivity index (χ1) is 6.56. The van der Waals surface area contributed by atoms with Gasteiger partial charge in [0, 0.05) is 23.7 Å². The average molecular weight is 212 g/mol. The molecular weight excluding hydrogens is 198 g/mol. The fourth-order valence-corrected chi connectivity index (χ4v) is 1.52. The number of anilines is 1. The molecule has 0 saturated carbocycles. The summed E-state index contributed by atoms with van der Waals surface area (Å²) in [5.74, 6) is 0.0277. The van der Waals surface area contributed by atoms with Gasteiger partial charge < -0.3 is 5.32 Å². The molecule has 14 heavy (non-hydrogen) atoms. The molecule has 0 saturated heterocycles. The standard InChI is InChI=1S/C11H14ClNO/c1-7(8(2)14)10-6-9(12)4-5-11(10)13-3/h4-7,13H,1-3H3. The van der Waals surface area contributed by atoms with Crippen molar-refractivity contribution < 1.29 is 4.79 Å². The summed E-state index contributed by atoms with van der Waals surface area (Å²) in [6, 6.07) is 5.53. The van der Waals surface area contributed by atoms with Crippen LogP contribution in [0.3, 0.4) is 0 Å². The fourth-order valence-electron chi connectivity index (χ4n) is 1.34. The van der Waals surface area contributed by atoms with Crippen molar-refractivity contribution in [3.05, 3.63) is 28.8 Å². The molecule has 0 radical (unpaired) electrons. The molecule has 76 valence electrons. The Kier molecular flexibility index (Phi) is 3.53. The summed E-state index contributed by atoms with van der Waals surface area (Å²) in [5, 5.41) is 3.71. The highest BCUT2D eigenvalue weighted by Crippen LogP contribution is 2.27. The smallest absolute Gasteiger partial charge is 0.137 e. The van der Waals surface area contributed by atoms with Crippen LogP contribution >= 0.6 is 11.6 Å². The minimum atomic E-state index is -0.115. The van der Waals surface area contributed by atoms with Crippen molar-refractivity contribution in [2.45, 2.75) is 19.8 Å². The number of ketones is 1. The number of nitrogens with one attached hydrogen (secondary N) is 1. The van der Waals surface area contributed by atoms with Crippen LogP contribution in [-0.2, 0) is 4.79 Å². The summed E-state index contributed by atoms with van der Waals surface area (Å²) in [7, 11) is 1.83. The van der Waals surface area contributed by atoms with Crippen LogP contribution in [0.15, 0.2) is 18.2 Å². The molecule has 0 aliphatic rings. The molecule has 1 unspecified atom stereocenters. The second-order valence-corrected chi connectivity index (χ2v) is 3.75. The Morgan fingerprint density at radius 1 is 1.50 bits per heavy atom. The van der Waals surface area contributed by atoms with Gasteiger partial charge in [0.15, 0.2) is 0 Å². The Balaban J connectivity index is 3.16. The van der Waals surface area contributed by atoms with E-state index in [9.17, 15) is 4.79 Å². The molecule has 0 spiro atoms. The van der Waals surface area contributed by atoms with Crippen LogP contribution in [0.5, 0.6) is 0 Å². The lowest BCUT2D eigenvalue weighted by molar-refractivity contribution is -0.118.